The molecule has 0 rings (SSSR count). The fraction of sp³-hybridized carbons (Fsp3) is 0.500. The Morgan fingerprint density at radius 1 is 1.44 bits per heavy atom. The van der Waals surface area contributed by atoms with E-state index in [1.165, 1.54) is 0 Å². The van der Waals surface area contributed by atoms with Crippen molar-refractivity contribution >= 4 is 5.97 Å². The average Bonchev–Trinajstić information content (AvgIpc) is 1.59. The molecule has 0 aliphatic heterocycles. The lowest BCUT2D eigenvalue weighted by molar-refractivity contribution is -0.817. The smallest absolute Gasteiger partial charge is 0.333 e. The molecule has 1 N–H and O–H groups in total. The van der Waals surface area contributed by atoms with Gasteiger partial charge in [0, 0.05) is 0 Å². The third-order valence-electron chi connectivity index (χ3n) is 0.664. The first-order valence-electron chi connectivity index (χ1n) is 2.65. The van der Waals surface area contributed by atoms with E-state index in [2.05, 4.69) is 0 Å². The second kappa shape index (κ2) is 2.64. The lowest BCUT2D eigenvalue weighted by Gasteiger charge is -2.16. The highest BCUT2D eigenvalue weighted by Gasteiger charge is 2.00. The Morgan fingerprint density at radius 3 is 2.00 bits per heavy atom. The van der Waals surface area contributed by atoms with E-state index in [9.17, 15) is 4.79 Å². The summed E-state index contributed by atoms with van der Waals surface area (Å²) in [5.41, 5.74) is 0. The van der Waals surface area contributed by atoms with E-state index in [0.29, 0.717) is 4.48 Å². The summed E-state index contributed by atoms with van der Waals surface area (Å²) in [4.78, 5) is 9.95. The van der Waals surface area contributed by atoms with Gasteiger partial charge in [-0.2, -0.15) is 0 Å². The molecule has 0 radical (unpaired) electrons. The second-order valence-electron chi connectivity index (χ2n) is 2.77. The molecule has 0 aliphatic rings. The van der Waals surface area contributed by atoms with Gasteiger partial charge in [-0.15, -0.1) is 0 Å². The van der Waals surface area contributed by atoms with Gasteiger partial charge in [-0.3, -0.25) is 0 Å². The molecule has 0 saturated heterocycles. The number of quaternary nitrogens is 1. The van der Waals surface area contributed by atoms with Gasteiger partial charge in [-0.05, 0) is 0 Å². The molecular weight excluding hydrogens is 118 g/mol. The van der Waals surface area contributed by atoms with Gasteiger partial charge < -0.3 is 9.59 Å². The highest BCUT2D eigenvalue weighted by molar-refractivity contribution is 5.79. The van der Waals surface area contributed by atoms with Crippen LogP contribution in [0.4, 0.5) is 0 Å². The van der Waals surface area contributed by atoms with Gasteiger partial charge in [0.15, 0.2) is 0 Å². The number of aliphatic carboxylic acids is 1. The summed E-state index contributed by atoms with van der Waals surface area (Å²) in [5.74, 6) is -0.900. The Labute approximate surface area is 54.8 Å². The Bertz CT molecular complexity index is 132. The minimum absolute atomic E-state index is 0.534. The second-order valence-corrected chi connectivity index (χ2v) is 2.77. The zero-order valence-electron chi connectivity index (χ0n) is 5.96. The maximum Gasteiger partial charge on any atom is 0.333 e. The van der Waals surface area contributed by atoms with Crippen LogP contribution >= 0.6 is 0 Å². The van der Waals surface area contributed by atoms with Crippen LogP contribution < -0.4 is 0 Å². The van der Waals surface area contributed by atoms with Gasteiger partial charge >= 0.3 is 5.97 Å². The summed E-state index contributed by atoms with van der Waals surface area (Å²) < 4.78 is 0.534. The standard InChI is InChI=1S/C6H11NO2/c1-7(2,3)5-4-6(8)9/h4-5H,1-3H3/p+1/b5-4+. The van der Waals surface area contributed by atoms with Crippen molar-refractivity contribution in [3.63, 3.8) is 0 Å². The summed E-state index contributed by atoms with van der Waals surface area (Å²) in [5, 5.41) is 8.18. The van der Waals surface area contributed by atoms with Crippen LogP contribution in [0.3, 0.4) is 0 Å². The summed E-state index contributed by atoms with van der Waals surface area (Å²) in [6.45, 7) is 0. The molecule has 0 bridgehead atoms. The summed E-state index contributed by atoms with van der Waals surface area (Å²) in [6.07, 6.45) is 2.74. The predicted molar refractivity (Wildman–Crippen MR) is 34.8 cm³/mol. The first-order valence-corrected chi connectivity index (χ1v) is 2.65. The number of nitrogens with zero attached hydrogens (tertiary/aromatic N) is 1. The topological polar surface area (TPSA) is 37.3 Å². The maximum atomic E-state index is 9.95. The summed E-state index contributed by atoms with van der Waals surface area (Å²) in [6, 6.07) is 0. The first kappa shape index (κ1) is 8.17. The molecule has 0 heterocycles. The highest BCUT2D eigenvalue weighted by Crippen LogP contribution is 1.89. The Balaban J connectivity index is 3.86. The number of hydrogen-bond acceptors (Lipinski definition) is 1. The molecule has 3 nitrogen and oxygen atoms in total. The van der Waals surface area contributed by atoms with Crippen LogP contribution in [0.1, 0.15) is 0 Å². The third-order valence-corrected chi connectivity index (χ3v) is 0.664. The van der Waals surface area contributed by atoms with Crippen molar-refractivity contribution in [2.24, 2.45) is 0 Å². The number of hydrogen-bond donors (Lipinski definition) is 1. The predicted octanol–water partition coefficient (Wildman–Crippen LogP) is 0.291. The Kier molecular flexibility index (Phi) is 2.40. The lowest BCUT2D eigenvalue weighted by Crippen LogP contribution is -2.27. The molecule has 0 spiro atoms. The van der Waals surface area contributed by atoms with E-state index in [4.69, 9.17) is 5.11 Å². The molecule has 52 valence electrons. The van der Waals surface area contributed by atoms with Gasteiger partial charge in [0.25, 0.3) is 0 Å². The van der Waals surface area contributed by atoms with Crippen LogP contribution in [0.25, 0.3) is 0 Å². The molecule has 0 aromatic rings. The van der Waals surface area contributed by atoms with Gasteiger partial charge in [-0.1, -0.05) is 0 Å². The van der Waals surface area contributed by atoms with Crippen LogP contribution in [-0.4, -0.2) is 36.7 Å². The minimum Gasteiger partial charge on any atom is -0.478 e. The number of rotatable bonds is 2. The first-order chi connectivity index (χ1) is 3.92. The normalized spacial score (nSPS) is 12.3. The highest BCUT2D eigenvalue weighted by atomic mass is 16.4. The summed E-state index contributed by atoms with van der Waals surface area (Å²) in [7, 11) is 5.66. The third kappa shape index (κ3) is 7.17. The van der Waals surface area contributed by atoms with Crippen LogP contribution in [0.5, 0.6) is 0 Å². The maximum absolute atomic E-state index is 9.95. The lowest BCUT2D eigenvalue weighted by atomic mass is 10.5. The van der Waals surface area contributed by atoms with Crippen molar-refractivity contribution < 1.29 is 14.4 Å². The quantitative estimate of drug-likeness (QED) is 0.431. The van der Waals surface area contributed by atoms with Gasteiger partial charge in [0.1, 0.15) is 6.20 Å². The monoisotopic (exact) mass is 130 g/mol. The van der Waals surface area contributed by atoms with E-state index in [1.54, 1.807) is 6.20 Å². The van der Waals surface area contributed by atoms with Crippen molar-refractivity contribution in [1.29, 1.82) is 0 Å². The number of carboxylic acids is 1. The zero-order chi connectivity index (χ0) is 7.49. The number of carboxylic acid groups (broad SMARTS) is 1. The fourth-order valence-electron chi connectivity index (χ4n) is 0.287. The van der Waals surface area contributed by atoms with Gasteiger partial charge in [0.2, 0.25) is 0 Å². The summed E-state index contributed by atoms with van der Waals surface area (Å²) >= 11 is 0. The van der Waals surface area contributed by atoms with Crippen molar-refractivity contribution in [3.8, 4) is 0 Å². The van der Waals surface area contributed by atoms with E-state index in [-0.39, 0.29) is 0 Å². The molecule has 0 unspecified atom stereocenters. The molecule has 0 amide bonds. The van der Waals surface area contributed by atoms with Crippen molar-refractivity contribution in [2.75, 3.05) is 21.1 Å². The van der Waals surface area contributed by atoms with Crippen LogP contribution in [0.2, 0.25) is 0 Å². The fourth-order valence-corrected chi connectivity index (χ4v) is 0.287. The molecule has 0 atom stereocenters. The average molecular weight is 130 g/mol. The molecule has 0 saturated carbocycles. The molecule has 3 heteroatoms. The molecule has 0 aromatic heterocycles. The number of carbonyl (C=O) groups is 1. The molecule has 0 fully saturated rings. The van der Waals surface area contributed by atoms with Gasteiger partial charge in [-0.25, -0.2) is 4.79 Å². The molecular formula is C6H12NO2+. The zero-order valence-corrected chi connectivity index (χ0v) is 5.96. The SMILES string of the molecule is C[N+](C)(C)/C=C/C(=O)O. The van der Waals surface area contributed by atoms with Crippen molar-refractivity contribution in [3.05, 3.63) is 12.3 Å². The van der Waals surface area contributed by atoms with Crippen molar-refractivity contribution in [2.45, 2.75) is 0 Å². The van der Waals surface area contributed by atoms with Crippen LogP contribution in [0.15, 0.2) is 12.3 Å². The van der Waals surface area contributed by atoms with Gasteiger partial charge in [0.05, 0.1) is 27.2 Å². The minimum atomic E-state index is -0.900. The van der Waals surface area contributed by atoms with Crippen molar-refractivity contribution in [1.82, 2.24) is 0 Å². The molecule has 0 aromatic carbocycles. The molecule has 0 aliphatic carbocycles. The molecule has 9 heavy (non-hydrogen) atoms. The Hall–Kier alpha value is -0.830. The largest absolute Gasteiger partial charge is 0.478 e. The van der Waals surface area contributed by atoms with E-state index in [0.717, 1.165) is 6.08 Å². The van der Waals surface area contributed by atoms with E-state index < -0.39 is 5.97 Å². The van der Waals surface area contributed by atoms with E-state index >= 15 is 0 Å². The Morgan fingerprint density at radius 2 is 1.89 bits per heavy atom. The van der Waals surface area contributed by atoms with Crippen LogP contribution in [-0.2, 0) is 4.79 Å². The van der Waals surface area contributed by atoms with Crippen LogP contribution in [0, 0.1) is 0 Å². The van der Waals surface area contributed by atoms with E-state index in [1.807, 2.05) is 21.1 Å².